The van der Waals surface area contributed by atoms with Crippen molar-refractivity contribution in [1.82, 2.24) is 4.72 Å². The number of rotatable bonds is 2. The van der Waals surface area contributed by atoms with E-state index >= 15 is 0 Å². The first-order chi connectivity index (χ1) is 7.38. The third-order valence-electron chi connectivity index (χ3n) is 2.86. The summed E-state index contributed by atoms with van der Waals surface area (Å²) in [5.41, 5.74) is 2.21. The van der Waals surface area contributed by atoms with Gasteiger partial charge in [0.15, 0.2) is 0 Å². The first-order valence-electron chi connectivity index (χ1n) is 4.96. The average Bonchev–Trinajstić information content (AvgIpc) is 2.54. The third kappa shape index (κ3) is 2.09. The maximum absolute atomic E-state index is 13.5. The van der Waals surface area contributed by atoms with Crippen molar-refractivity contribution in [3.63, 3.8) is 0 Å². The molecule has 0 fully saturated rings. The highest BCUT2D eigenvalue weighted by atomic mass is 32.2. The molecule has 2 rings (SSSR count). The van der Waals surface area contributed by atoms with Gasteiger partial charge in [-0.2, -0.15) is 13.1 Å². The Balaban J connectivity index is 2.43. The number of nitrogens with two attached hydrogens (primary N) is 1. The van der Waals surface area contributed by atoms with Gasteiger partial charge in [-0.3, -0.25) is 0 Å². The summed E-state index contributed by atoms with van der Waals surface area (Å²) in [4.78, 5) is 0. The molecule has 1 aromatic rings. The number of benzene rings is 1. The zero-order valence-corrected chi connectivity index (χ0v) is 9.64. The molecule has 1 atom stereocenters. The minimum absolute atomic E-state index is 0.278. The van der Waals surface area contributed by atoms with Crippen LogP contribution in [0.25, 0.3) is 0 Å². The van der Waals surface area contributed by atoms with Crippen LogP contribution < -0.4 is 9.86 Å². The van der Waals surface area contributed by atoms with E-state index in [9.17, 15) is 12.8 Å². The molecule has 0 saturated carbocycles. The number of hydrogen-bond acceptors (Lipinski definition) is 2. The molecule has 0 radical (unpaired) electrons. The molecule has 4 nitrogen and oxygen atoms in total. The second kappa shape index (κ2) is 3.80. The van der Waals surface area contributed by atoms with Crippen LogP contribution in [0.15, 0.2) is 12.1 Å². The van der Waals surface area contributed by atoms with Crippen molar-refractivity contribution in [3.8, 4) is 0 Å². The molecule has 16 heavy (non-hydrogen) atoms. The Kier molecular flexibility index (Phi) is 2.73. The van der Waals surface area contributed by atoms with Gasteiger partial charge in [0, 0.05) is 6.04 Å². The van der Waals surface area contributed by atoms with E-state index in [2.05, 4.69) is 4.72 Å². The van der Waals surface area contributed by atoms with Crippen molar-refractivity contribution in [2.45, 2.75) is 25.8 Å². The van der Waals surface area contributed by atoms with E-state index in [0.717, 1.165) is 11.1 Å². The fraction of sp³-hybridized carbons (Fsp3) is 0.400. The van der Waals surface area contributed by atoms with Crippen molar-refractivity contribution in [3.05, 3.63) is 34.6 Å². The van der Waals surface area contributed by atoms with Crippen LogP contribution in [0.2, 0.25) is 0 Å². The van der Waals surface area contributed by atoms with Gasteiger partial charge in [-0.15, -0.1) is 0 Å². The Morgan fingerprint density at radius 3 is 2.81 bits per heavy atom. The van der Waals surface area contributed by atoms with Crippen LogP contribution in [0.3, 0.4) is 0 Å². The molecule has 6 heteroatoms. The zero-order chi connectivity index (χ0) is 11.9. The largest absolute Gasteiger partial charge is 0.274 e. The SMILES string of the molecule is Cc1ccc(F)c2c1[C@@H](NS(N)(=O)=O)CC2. The maximum Gasteiger partial charge on any atom is 0.274 e. The van der Waals surface area contributed by atoms with Crippen LogP contribution >= 0.6 is 0 Å². The van der Waals surface area contributed by atoms with Gasteiger partial charge in [0.2, 0.25) is 0 Å². The van der Waals surface area contributed by atoms with Gasteiger partial charge < -0.3 is 0 Å². The van der Waals surface area contributed by atoms with Gasteiger partial charge in [0.25, 0.3) is 10.2 Å². The van der Waals surface area contributed by atoms with Crippen LogP contribution in [0, 0.1) is 12.7 Å². The van der Waals surface area contributed by atoms with Crippen molar-refractivity contribution in [2.24, 2.45) is 5.14 Å². The molecule has 0 aliphatic heterocycles. The predicted octanol–water partition coefficient (Wildman–Crippen LogP) is 0.915. The molecule has 0 unspecified atom stereocenters. The molecule has 0 amide bonds. The van der Waals surface area contributed by atoms with E-state index in [0.29, 0.717) is 18.4 Å². The van der Waals surface area contributed by atoms with E-state index in [1.165, 1.54) is 6.07 Å². The van der Waals surface area contributed by atoms with Gasteiger partial charge in [0.05, 0.1) is 0 Å². The van der Waals surface area contributed by atoms with Crippen molar-refractivity contribution in [2.75, 3.05) is 0 Å². The summed E-state index contributed by atoms with van der Waals surface area (Å²) in [5, 5.41) is 4.93. The molecule has 1 aliphatic rings. The van der Waals surface area contributed by atoms with Crippen molar-refractivity contribution >= 4 is 10.2 Å². The number of halogens is 1. The first-order valence-corrected chi connectivity index (χ1v) is 6.51. The highest BCUT2D eigenvalue weighted by Gasteiger charge is 2.28. The molecule has 1 aromatic carbocycles. The average molecular weight is 244 g/mol. The Labute approximate surface area is 93.8 Å². The topological polar surface area (TPSA) is 72.2 Å². The van der Waals surface area contributed by atoms with E-state index in [4.69, 9.17) is 5.14 Å². The second-order valence-corrected chi connectivity index (χ2v) is 5.34. The lowest BCUT2D eigenvalue weighted by Crippen LogP contribution is -2.33. The lowest BCUT2D eigenvalue weighted by Gasteiger charge is -2.14. The molecule has 3 N–H and O–H groups in total. The normalized spacial score (nSPS) is 19.8. The maximum atomic E-state index is 13.5. The van der Waals surface area contributed by atoms with Gasteiger partial charge >= 0.3 is 0 Å². The molecule has 1 aliphatic carbocycles. The molecule has 0 saturated heterocycles. The zero-order valence-electron chi connectivity index (χ0n) is 8.83. The fourth-order valence-electron chi connectivity index (χ4n) is 2.24. The van der Waals surface area contributed by atoms with Crippen LogP contribution in [-0.2, 0) is 16.6 Å². The summed E-state index contributed by atoms with van der Waals surface area (Å²) in [7, 11) is -3.75. The Hall–Kier alpha value is -0.980. The summed E-state index contributed by atoms with van der Waals surface area (Å²) < 4.78 is 37.7. The molecular weight excluding hydrogens is 231 g/mol. The number of hydrogen-bond donors (Lipinski definition) is 2. The van der Waals surface area contributed by atoms with Crippen molar-refractivity contribution in [1.29, 1.82) is 0 Å². The first kappa shape index (κ1) is 11.5. The summed E-state index contributed by atoms with van der Waals surface area (Å²) in [6.45, 7) is 1.83. The summed E-state index contributed by atoms with van der Waals surface area (Å²) in [6, 6.07) is 2.66. The second-order valence-electron chi connectivity index (χ2n) is 4.01. The number of nitrogens with one attached hydrogen (secondary N) is 1. The smallest absolute Gasteiger partial charge is 0.216 e. The predicted molar refractivity (Wildman–Crippen MR) is 58.4 cm³/mol. The van der Waals surface area contributed by atoms with E-state index in [1.807, 2.05) is 6.92 Å². The van der Waals surface area contributed by atoms with Crippen LogP contribution in [0.5, 0.6) is 0 Å². The van der Waals surface area contributed by atoms with Crippen LogP contribution in [-0.4, -0.2) is 8.42 Å². The monoisotopic (exact) mass is 244 g/mol. The summed E-state index contributed by atoms with van der Waals surface area (Å²) in [6.07, 6.45) is 1.09. The summed E-state index contributed by atoms with van der Waals surface area (Å²) >= 11 is 0. The minimum atomic E-state index is -3.75. The number of aryl methyl sites for hydroxylation is 1. The molecule has 0 bridgehead atoms. The minimum Gasteiger partial charge on any atom is -0.216 e. The summed E-state index contributed by atoms with van der Waals surface area (Å²) in [5.74, 6) is -0.278. The highest BCUT2D eigenvalue weighted by molar-refractivity contribution is 7.87. The molecule has 0 aromatic heterocycles. The molecule has 0 spiro atoms. The van der Waals surface area contributed by atoms with E-state index in [-0.39, 0.29) is 5.82 Å². The van der Waals surface area contributed by atoms with Gasteiger partial charge in [0.1, 0.15) is 5.82 Å². The van der Waals surface area contributed by atoms with Crippen LogP contribution in [0.4, 0.5) is 4.39 Å². The highest BCUT2D eigenvalue weighted by Crippen LogP contribution is 2.35. The fourth-order valence-corrected chi connectivity index (χ4v) is 2.88. The number of fused-ring (bicyclic) bond motifs is 1. The quantitative estimate of drug-likeness (QED) is 0.811. The lowest BCUT2D eigenvalue weighted by atomic mass is 10.0. The van der Waals surface area contributed by atoms with Crippen LogP contribution in [0.1, 0.15) is 29.2 Å². The molecule has 0 heterocycles. The Morgan fingerprint density at radius 1 is 1.50 bits per heavy atom. The lowest BCUT2D eigenvalue weighted by molar-refractivity contribution is 0.555. The Morgan fingerprint density at radius 2 is 2.19 bits per heavy atom. The van der Waals surface area contributed by atoms with Crippen molar-refractivity contribution < 1.29 is 12.8 Å². The van der Waals surface area contributed by atoms with E-state index in [1.54, 1.807) is 6.07 Å². The van der Waals surface area contributed by atoms with Gasteiger partial charge in [-0.05, 0) is 42.5 Å². The Bertz CT molecular complexity index is 528. The van der Waals surface area contributed by atoms with E-state index < -0.39 is 16.3 Å². The standard InChI is InChI=1S/C10H13FN2O2S/c1-6-2-4-8(11)7-3-5-9(10(6)7)13-16(12,14)15/h2,4,9,13H,3,5H2,1H3,(H2,12,14,15)/t9-/m0/s1. The third-order valence-corrected chi connectivity index (χ3v) is 3.47. The van der Waals surface area contributed by atoms with Gasteiger partial charge in [-0.1, -0.05) is 6.07 Å². The molecule has 88 valence electrons. The van der Waals surface area contributed by atoms with Gasteiger partial charge in [-0.25, -0.2) is 9.53 Å². The molecular formula is C10H13FN2O2S.